The first-order valence-corrected chi connectivity index (χ1v) is 7.09. The summed E-state index contributed by atoms with van der Waals surface area (Å²) in [6.07, 6.45) is 0.693. The lowest BCUT2D eigenvalue weighted by atomic mass is 10.1. The molecule has 1 atom stereocenters. The fraction of sp³-hybridized carbons (Fsp3) is 0.417. The number of thiophene rings is 1. The molecule has 0 bridgehead atoms. The summed E-state index contributed by atoms with van der Waals surface area (Å²) in [5, 5.41) is 6.92. The molecule has 0 aliphatic heterocycles. The highest BCUT2D eigenvalue weighted by Gasteiger charge is 2.19. The summed E-state index contributed by atoms with van der Waals surface area (Å²) in [6.45, 7) is 1.95. The van der Waals surface area contributed by atoms with Crippen LogP contribution in [0.1, 0.15) is 22.2 Å². The minimum Gasteiger partial charge on any atom is -0.496 e. The third-order valence-corrected chi connectivity index (χ3v) is 4.55. The van der Waals surface area contributed by atoms with Crippen molar-refractivity contribution in [2.75, 3.05) is 7.11 Å². The van der Waals surface area contributed by atoms with Gasteiger partial charge in [0.15, 0.2) is 0 Å². The first-order chi connectivity index (χ1) is 9.06. The maximum atomic E-state index is 6.25. The molecule has 0 aliphatic rings. The topological polar surface area (TPSA) is 65.1 Å². The molecule has 0 amide bonds. The van der Waals surface area contributed by atoms with Crippen molar-refractivity contribution in [2.24, 2.45) is 12.9 Å². The van der Waals surface area contributed by atoms with Crippen LogP contribution >= 0.6 is 22.9 Å². The van der Waals surface area contributed by atoms with Gasteiger partial charge in [-0.1, -0.05) is 11.6 Å². The number of ether oxygens (including phenoxy) is 1. The number of nitrogens with two attached hydrogens (primary N) is 1. The zero-order chi connectivity index (χ0) is 14.0. The van der Waals surface area contributed by atoms with E-state index in [0.29, 0.717) is 11.6 Å². The van der Waals surface area contributed by atoms with E-state index >= 15 is 0 Å². The van der Waals surface area contributed by atoms with Crippen LogP contribution in [0.15, 0.2) is 11.4 Å². The minimum absolute atomic E-state index is 0.00528. The fourth-order valence-electron chi connectivity index (χ4n) is 1.98. The smallest absolute Gasteiger partial charge is 0.130 e. The standard InChI is InChI=1S/C12H17ClN4OS/c1-7-9(12(13)17(2)16-7)5-10(15-14)11-4-8(18-3)6-19-11/h4,6,10,15H,5,14H2,1-3H3. The monoisotopic (exact) mass is 300 g/mol. The second-order valence-electron chi connectivity index (χ2n) is 4.29. The van der Waals surface area contributed by atoms with Gasteiger partial charge in [0.1, 0.15) is 10.9 Å². The second-order valence-corrected chi connectivity index (χ2v) is 5.59. The van der Waals surface area contributed by atoms with Crippen LogP contribution < -0.4 is 16.0 Å². The Hall–Kier alpha value is -1.08. The van der Waals surface area contributed by atoms with Gasteiger partial charge in [0, 0.05) is 22.9 Å². The van der Waals surface area contributed by atoms with E-state index in [0.717, 1.165) is 21.9 Å². The predicted octanol–water partition coefficient (Wildman–Crippen LogP) is 2.20. The summed E-state index contributed by atoms with van der Waals surface area (Å²) in [7, 11) is 3.48. The maximum Gasteiger partial charge on any atom is 0.130 e. The summed E-state index contributed by atoms with van der Waals surface area (Å²) in [6, 6.07) is 1.98. The Bertz CT molecular complexity index is 566. The highest BCUT2D eigenvalue weighted by atomic mass is 35.5. The van der Waals surface area contributed by atoms with Gasteiger partial charge in [-0.05, 0) is 19.4 Å². The number of aromatic nitrogens is 2. The van der Waals surface area contributed by atoms with E-state index in [1.54, 1.807) is 23.1 Å². The lowest BCUT2D eigenvalue weighted by molar-refractivity contribution is 0.415. The Balaban J connectivity index is 2.23. The normalized spacial score (nSPS) is 12.7. The fourth-order valence-corrected chi connectivity index (χ4v) is 3.14. The van der Waals surface area contributed by atoms with E-state index in [-0.39, 0.29) is 6.04 Å². The molecule has 0 aliphatic carbocycles. The van der Waals surface area contributed by atoms with Gasteiger partial charge in [-0.2, -0.15) is 5.10 Å². The molecule has 0 saturated carbocycles. The molecule has 0 saturated heterocycles. The zero-order valence-electron chi connectivity index (χ0n) is 11.1. The molecule has 0 aromatic carbocycles. The van der Waals surface area contributed by atoms with Crippen LogP contribution in [0.2, 0.25) is 5.15 Å². The van der Waals surface area contributed by atoms with Gasteiger partial charge in [0.2, 0.25) is 0 Å². The zero-order valence-corrected chi connectivity index (χ0v) is 12.7. The van der Waals surface area contributed by atoms with Gasteiger partial charge in [0.25, 0.3) is 0 Å². The van der Waals surface area contributed by atoms with Crippen LogP contribution in [-0.4, -0.2) is 16.9 Å². The summed E-state index contributed by atoms with van der Waals surface area (Å²) in [5.41, 5.74) is 4.77. The highest BCUT2D eigenvalue weighted by Crippen LogP contribution is 2.31. The molecule has 3 N–H and O–H groups in total. The van der Waals surface area contributed by atoms with Crippen molar-refractivity contribution in [1.29, 1.82) is 0 Å². The molecule has 2 aromatic heterocycles. The number of nitrogens with one attached hydrogen (secondary N) is 1. The molecule has 104 valence electrons. The summed E-state index contributed by atoms with van der Waals surface area (Å²) < 4.78 is 6.87. The second kappa shape index (κ2) is 5.92. The SMILES string of the molecule is COc1csc(C(Cc2c(C)nn(C)c2Cl)NN)c1. The number of methoxy groups -OCH3 is 1. The minimum atomic E-state index is -0.00528. The maximum absolute atomic E-state index is 6.25. The average molecular weight is 301 g/mol. The molecular formula is C12H17ClN4OS. The molecular weight excluding hydrogens is 284 g/mol. The number of nitrogens with zero attached hydrogens (tertiary/aromatic N) is 2. The molecule has 19 heavy (non-hydrogen) atoms. The Labute approximate surface area is 121 Å². The van der Waals surface area contributed by atoms with Gasteiger partial charge in [-0.3, -0.25) is 16.0 Å². The van der Waals surface area contributed by atoms with Crippen molar-refractivity contribution >= 4 is 22.9 Å². The van der Waals surface area contributed by atoms with Crippen molar-refractivity contribution in [3.05, 3.63) is 32.7 Å². The van der Waals surface area contributed by atoms with Crippen LogP contribution in [0.3, 0.4) is 0 Å². The quantitative estimate of drug-likeness (QED) is 0.656. The number of hydrogen-bond donors (Lipinski definition) is 2. The van der Waals surface area contributed by atoms with Crippen molar-refractivity contribution in [1.82, 2.24) is 15.2 Å². The van der Waals surface area contributed by atoms with Crippen molar-refractivity contribution in [3.8, 4) is 5.75 Å². The number of rotatable bonds is 5. The van der Waals surface area contributed by atoms with Crippen molar-refractivity contribution in [2.45, 2.75) is 19.4 Å². The van der Waals surface area contributed by atoms with Crippen LogP contribution in [-0.2, 0) is 13.5 Å². The van der Waals surface area contributed by atoms with Crippen LogP contribution in [0, 0.1) is 6.92 Å². The van der Waals surface area contributed by atoms with E-state index in [4.69, 9.17) is 22.2 Å². The molecule has 2 rings (SSSR count). The van der Waals surface area contributed by atoms with E-state index < -0.39 is 0 Å². The third-order valence-electron chi connectivity index (χ3n) is 3.05. The van der Waals surface area contributed by atoms with E-state index in [9.17, 15) is 0 Å². The number of hydrazine groups is 1. The molecule has 0 fully saturated rings. The van der Waals surface area contributed by atoms with Gasteiger partial charge in [0.05, 0.1) is 18.8 Å². The first-order valence-electron chi connectivity index (χ1n) is 5.83. The largest absolute Gasteiger partial charge is 0.496 e. The molecule has 2 aromatic rings. The van der Waals surface area contributed by atoms with E-state index in [2.05, 4.69) is 10.5 Å². The molecule has 7 heteroatoms. The molecule has 0 radical (unpaired) electrons. The number of aryl methyl sites for hydroxylation is 2. The van der Waals surface area contributed by atoms with Gasteiger partial charge in [-0.25, -0.2) is 0 Å². The summed E-state index contributed by atoms with van der Waals surface area (Å²) >= 11 is 7.85. The van der Waals surface area contributed by atoms with Crippen molar-refractivity contribution in [3.63, 3.8) is 0 Å². The van der Waals surface area contributed by atoms with E-state index in [1.165, 1.54) is 0 Å². The highest BCUT2D eigenvalue weighted by molar-refractivity contribution is 7.10. The molecule has 0 spiro atoms. The molecule has 1 unspecified atom stereocenters. The van der Waals surface area contributed by atoms with Crippen LogP contribution in [0.4, 0.5) is 0 Å². The molecule has 5 nitrogen and oxygen atoms in total. The van der Waals surface area contributed by atoms with Gasteiger partial charge in [-0.15, -0.1) is 11.3 Å². The lowest BCUT2D eigenvalue weighted by Gasteiger charge is -2.14. The predicted molar refractivity (Wildman–Crippen MR) is 77.6 cm³/mol. The Morgan fingerprint density at radius 3 is 2.84 bits per heavy atom. The Morgan fingerprint density at radius 1 is 1.63 bits per heavy atom. The van der Waals surface area contributed by atoms with Crippen LogP contribution in [0.25, 0.3) is 0 Å². The first kappa shape index (κ1) is 14.3. The van der Waals surface area contributed by atoms with Gasteiger partial charge >= 0.3 is 0 Å². The van der Waals surface area contributed by atoms with Crippen LogP contribution in [0.5, 0.6) is 5.75 Å². The van der Waals surface area contributed by atoms with Gasteiger partial charge < -0.3 is 4.74 Å². The number of hydrogen-bond acceptors (Lipinski definition) is 5. The third kappa shape index (κ3) is 2.92. The Morgan fingerprint density at radius 2 is 2.37 bits per heavy atom. The van der Waals surface area contributed by atoms with Crippen molar-refractivity contribution < 1.29 is 4.74 Å². The average Bonchev–Trinajstić information content (AvgIpc) is 2.95. The van der Waals surface area contributed by atoms with E-state index in [1.807, 2.05) is 25.4 Å². The molecule has 2 heterocycles. The Kier molecular flexibility index (Phi) is 4.46. The summed E-state index contributed by atoms with van der Waals surface area (Å²) in [4.78, 5) is 1.11. The number of halogens is 1. The lowest BCUT2D eigenvalue weighted by Crippen LogP contribution is -2.29. The summed E-state index contributed by atoms with van der Waals surface area (Å²) in [5.74, 6) is 6.50.